The van der Waals surface area contributed by atoms with E-state index in [1.807, 2.05) is 50.1 Å². The van der Waals surface area contributed by atoms with Crippen molar-refractivity contribution in [2.24, 2.45) is 4.99 Å². The lowest BCUT2D eigenvalue weighted by molar-refractivity contribution is 0.0925. The molecule has 0 saturated heterocycles. The van der Waals surface area contributed by atoms with Crippen LogP contribution in [0.2, 0.25) is 0 Å². The highest BCUT2D eigenvalue weighted by Gasteiger charge is 2.11. The second-order valence-corrected chi connectivity index (χ2v) is 6.55. The lowest BCUT2D eigenvalue weighted by Gasteiger charge is -2.22. The highest BCUT2D eigenvalue weighted by Crippen LogP contribution is 2.15. The van der Waals surface area contributed by atoms with Crippen LogP contribution in [0.4, 0.5) is 0 Å². The van der Waals surface area contributed by atoms with Crippen molar-refractivity contribution in [2.75, 3.05) is 40.3 Å². The van der Waals surface area contributed by atoms with Gasteiger partial charge in [0.05, 0.1) is 12.8 Å². The number of benzene rings is 1. The Bertz CT molecular complexity index is 785. The Labute approximate surface area is 166 Å². The van der Waals surface area contributed by atoms with Crippen LogP contribution in [-0.4, -0.2) is 57.1 Å². The third-order valence-electron chi connectivity index (χ3n) is 4.34. The molecule has 0 saturated carbocycles. The smallest absolute Gasteiger partial charge is 0.287 e. The molecule has 1 aromatic carbocycles. The fourth-order valence-electron chi connectivity index (χ4n) is 2.68. The summed E-state index contributed by atoms with van der Waals surface area (Å²) in [5.74, 6) is 1.89. The summed E-state index contributed by atoms with van der Waals surface area (Å²) in [5, 5.41) is 6.15. The highest BCUT2D eigenvalue weighted by molar-refractivity contribution is 5.92. The monoisotopic (exact) mass is 386 g/mol. The van der Waals surface area contributed by atoms with Crippen LogP contribution in [0.25, 0.3) is 0 Å². The van der Waals surface area contributed by atoms with E-state index in [0.717, 1.165) is 29.3 Å². The van der Waals surface area contributed by atoms with Gasteiger partial charge in [-0.25, -0.2) is 0 Å². The van der Waals surface area contributed by atoms with Gasteiger partial charge in [-0.2, -0.15) is 0 Å². The van der Waals surface area contributed by atoms with Gasteiger partial charge in [-0.15, -0.1) is 0 Å². The van der Waals surface area contributed by atoms with Gasteiger partial charge in [-0.3, -0.25) is 9.79 Å². The van der Waals surface area contributed by atoms with Crippen molar-refractivity contribution in [2.45, 2.75) is 20.3 Å². The summed E-state index contributed by atoms with van der Waals surface area (Å²) in [6.45, 7) is 6.42. The van der Waals surface area contributed by atoms with Gasteiger partial charge in [0.2, 0.25) is 0 Å². The van der Waals surface area contributed by atoms with E-state index in [9.17, 15) is 4.79 Å². The summed E-state index contributed by atoms with van der Waals surface area (Å²) in [4.78, 5) is 18.3. The van der Waals surface area contributed by atoms with E-state index in [1.54, 1.807) is 13.1 Å². The first-order valence-electron chi connectivity index (χ1n) is 9.45. The molecule has 0 unspecified atom stereocenters. The number of carbonyl (C=O) groups is 1. The quantitative estimate of drug-likeness (QED) is 0.393. The standard InChI is InChI=1S/C21H30N4O3/c1-16-8-5-6-9-18(16)27-15-13-25(4)21(22-3)24-12-7-11-23-20(26)19-17(2)10-14-28-19/h5-6,8-10,14H,7,11-13,15H2,1-4H3,(H,22,24)(H,23,26). The SMILES string of the molecule is CN=C(NCCCNC(=O)c1occc1C)N(C)CCOc1ccccc1C. The Morgan fingerprint density at radius 2 is 1.89 bits per heavy atom. The summed E-state index contributed by atoms with van der Waals surface area (Å²) in [6, 6.07) is 9.75. The first-order chi connectivity index (χ1) is 13.5. The molecule has 0 aliphatic heterocycles. The molecule has 0 spiro atoms. The van der Waals surface area contributed by atoms with Crippen LogP contribution in [0.1, 0.15) is 28.1 Å². The molecule has 2 aromatic rings. The number of guanidine groups is 1. The van der Waals surface area contributed by atoms with E-state index in [4.69, 9.17) is 9.15 Å². The summed E-state index contributed by atoms with van der Waals surface area (Å²) >= 11 is 0. The lowest BCUT2D eigenvalue weighted by atomic mass is 10.2. The molecule has 152 valence electrons. The number of nitrogens with zero attached hydrogens (tertiary/aromatic N) is 2. The van der Waals surface area contributed by atoms with Crippen molar-refractivity contribution in [1.29, 1.82) is 0 Å². The van der Waals surface area contributed by atoms with E-state index >= 15 is 0 Å². The van der Waals surface area contributed by atoms with Gasteiger partial charge in [0.1, 0.15) is 12.4 Å². The summed E-state index contributed by atoms with van der Waals surface area (Å²) in [6.07, 6.45) is 2.30. The largest absolute Gasteiger partial charge is 0.491 e. The molecule has 0 fully saturated rings. The Morgan fingerprint density at radius 1 is 1.14 bits per heavy atom. The second-order valence-electron chi connectivity index (χ2n) is 6.55. The number of rotatable bonds is 9. The predicted molar refractivity (Wildman–Crippen MR) is 111 cm³/mol. The molecule has 7 heteroatoms. The maximum atomic E-state index is 12.0. The van der Waals surface area contributed by atoms with Crippen molar-refractivity contribution in [3.05, 3.63) is 53.5 Å². The lowest BCUT2D eigenvalue weighted by Crippen LogP contribution is -2.41. The number of nitrogens with one attached hydrogen (secondary N) is 2. The van der Waals surface area contributed by atoms with E-state index in [-0.39, 0.29) is 5.91 Å². The molecule has 1 heterocycles. The normalized spacial score (nSPS) is 11.2. The highest BCUT2D eigenvalue weighted by atomic mass is 16.5. The molecular formula is C21H30N4O3. The minimum absolute atomic E-state index is 0.183. The molecule has 7 nitrogen and oxygen atoms in total. The molecule has 0 radical (unpaired) electrons. The maximum Gasteiger partial charge on any atom is 0.287 e. The Balaban J connectivity index is 1.64. The van der Waals surface area contributed by atoms with Gasteiger partial charge < -0.3 is 24.7 Å². The molecule has 2 N–H and O–H groups in total. The minimum atomic E-state index is -0.183. The third kappa shape index (κ3) is 6.33. The zero-order valence-electron chi connectivity index (χ0n) is 17.1. The number of amides is 1. The molecule has 0 aliphatic carbocycles. The Morgan fingerprint density at radius 3 is 2.57 bits per heavy atom. The van der Waals surface area contributed by atoms with Gasteiger partial charge >= 0.3 is 0 Å². The van der Waals surface area contributed by atoms with Crippen LogP contribution in [0, 0.1) is 13.8 Å². The number of aryl methyl sites for hydroxylation is 2. The van der Waals surface area contributed by atoms with Crippen molar-refractivity contribution >= 4 is 11.9 Å². The minimum Gasteiger partial charge on any atom is -0.491 e. The van der Waals surface area contributed by atoms with Crippen molar-refractivity contribution < 1.29 is 13.9 Å². The molecule has 0 bridgehead atoms. The average molecular weight is 386 g/mol. The summed E-state index contributed by atoms with van der Waals surface area (Å²) < 4.78 is 11.0. The van der Waals surface area contributed by atoms with Crippen molar-refractivity contribution in [1.82, 2.24) is 15.5 Å². The van der Waals surface area contributed by atoms with Crippen LogP contribution < -0.4 is 15.4 Å². The second kappa shape index (κ2) is 11.0. The summed E-state index contributed by atoms with van der Waals surface area (Å²) in [7, 11) is 3.72. The number of hydrogen-bond donors (Lipinski definition) is 2. The molecule has 1 amide bonds. The van der Waals surface area contributed by atoms with Crippen molar-refractivity contribution in [3.63, 3.8) is 0 Å². The van der Waals surface area contributed by atoms with Crippen LogP contribution in [0.3, 0.4) is 0 Å². The van der Waals surface area contributed by atoms with Gasteiger partial charge in [0, 0.05) is 32.7 Å². The molecule has 28 heavy (non-hydrogen) atoms. The number of para-hydroxylation sites is 1. The molecule has 0 aliphatic rings. The van der Waals surface area contributed by atoms with Crippen LogP contribution >= 0.6 is 0 Å². The number of likely N-dealkylation sites (N-methyl/N-ethyl adjacent to an activating group) is 1. The zero-order chi connectivity index (χ0) is 20.4. The number of ether oxygens (including phenoxy) is 1. The van der Waals surface area contributed by atoms with E-state index in [1.165, 1.54) is 6.26 Å². The number of aliphatic imine (C=N–C) groups is 1. The van der Waals surface area contributed by atoms with Crippen molar-refractivity contribution in [3.8, 4) is 5.75 Å². The average Bonchev–Trinajstić information content (AvgIpc) is 3.12. The van der Waals surface area contributed by atoms with Gasteiger partial charge in [-0.05, 0) is 38.0 Å². The summed E-state index contributed by atoms with van der Waals surface area (Å²) in [5.41, 5.74) is 1.96. The Kier molecular flexibility index (Phi) is 8.39. The third-order valence-corrected chi connectivity index (χ3v) is 4.34. The number of carbonyl (C=O) groups excluding carboxylic acids is 1. The van der Waals surface area contributed by atoms with Gasteiger partial charge in [-0.1, -0.05) is 18.2 Å². The van der Waals surface area contributed by atoms with Crippen LogP contribution in [0.15, 0.2) is 46.0 Å². The van der Waals surface area contributed by atoms with E-state index < -0.39 is 0 Å². The molecular weight excluding hydrogens is 356 g/mol. The zero-order valence-corrected chi connectivity index (χ0v) is 17.1. The topological polar surface area (TPSA) is 79.1 Å². The number of furan rings is 1. The van der Waals surface area contributed by atoms with E-state index in [2.05, 4.69) is 15.6 Å². The fraction of sp³-hybridized carbons (Fsp3) is 0.429. The Hall–Kier alpha value is -2.96. The molecule has 1 aromatic heterocycles. The molecule has 2 rings (SSSR count). The maximum absolute atomic E-state index is 12.0. The first kappa shape index (κ1) is 21.3. The van der Waals surface area contributed by atoms with E-state index in [0.29, 0.717) is 32.0 Å². The predicted octanol–water partition coefficient (Wildman–Crippen LogP) is 2.60. The van der Waals surface area contributed by atoms with Crippen LogP contribution in [-0.2, 0) is 0 Å². The first-order valence-corrected chi connectivity index (χ1v) is 9.45. The van der Waals surface area contributed by atoms with Gasteiger partial charge in [0.15, 0.2) is 11.7 Å². The number of hydrogen-bond acceptors (Lipinski definition) is 4. The molecule has 0 atom stereocenters. The van der Waals surface area contributed by atoms with Crippen LogP contribution in [0.5, 0.6) is 5.75 Å². The van der Waals surface area contributed by atoms with Gasteiger partial charge in [0.25, 0.3) is 5.91 Å². The fourth-order valence-corrected chi connectivity index (χ4v) is 2.68.